The Balaban J connectivity index is 2.20. The van der Waals surface area contributed by atoms with Gasteiger partial charge in [-0.1, -0.05) is 30.3 Å². The van der Waals surface area contributed by atoms with Crippen molar-refractivity contribution in [1.82, 2.24) is 5.32 Å². The van der Waals surface area contributed by atoms with Crippen molar-refractivity contribution < 1.29 is 5.11 Å². The van der Waals surface area contributed by atoms with E-state index in [0.29, 0.717) is 12.6 Å². The molecule has 0 amide bonds. The molecule has 1 aromatic rings. The molecule has 0 spiro atoms. The van der Waals surface area contributed by atoms with Crippen molar-refractivity contribution in [3.63, 3.8) is 0 Å². The van der Waals surface area contributed by atoms with Crippen molar-refractivity contribution in [1.29, 1.82) is 0 Å². The summed E-state index contributed by atoms with van der Waals surface area (Å²) in [6.45, 7) is 3.85. The summed E-state index contributed by atoms with van der Waals surface area (Å²) in [7, 11) is 0. The number of aliphatic hydroxyl groups excluding tert-OH is 1. The van der Waals surface area contributed by atoms with Crippen LogP contribution < -0.4 is 5.32 Å². The first kappa shape index (κ1) is 11.2. The second-order valence-corrected chi connectivity index (χ2v) is 3.52. The molecule has 2 nitrogen and oxygen atoms in total. The van der Waals surface area contributed by atoms with E-state index in [2.05, 4.69) is 36.5 Å². The Kier molecular flexibility index (Phi) is 5.27. The highest BCUT2D eigenvalue weighted by Gasteiger charge is 2.00. The lowest BCUT2D eigenvalue weighted by molar-refractivity contribution is 0.363. The number of rotatable bonds is 6. The van der Waals surface area contributed by atoms with Crippen molar-refractivity contribution in [2.24, 2.45) is 0 Å². The SMILES string of the molecule is CC(CCc1ccccc1)NC[CH]O. The fourth-order valence-corrected chi connectivity index (χ4v) is 1.38. The summed E-state index contributed by atoms with van der Waals surface area (Å²) < 4.78 is 0. The third-order valence-corrected chi connectivity index (χ3v) is 2.27. The Morgan fingerprint density at radius 1 is 1.36 bits per heavy atom. The zero-order chi connectivity index (χ0) is 10.2. The Morgan fingerprint density at radius 2 is 2.07 bits per heavy atom. The molecule has 2 N–H and O–H groups in total. The van der Waals surface area contributed by atoms with Crippen LogP contribution in [0.4, 0.5) is 0 Å². The van der Waals surface area contributed by atoms with Gasteiger partial charge >= 0.3 is 0 Å². The Labute approximate surface area is 86.0 Å². The van der Waals surface area contributed by atoms with Gasteiger partial charge in [0.2, 0.25) is 0 Å². The lowest BCUT2D eigenvalue weighted by Crippen LogP contribution is -2.27. The maximum atomic E-state index is 8.51. The number of hydrogen-bond donors (Lipinski definition) is 2. The Morgan fingerprint density at radius 3 is 2.71 bits per heavy atom. The van der Waals surface area contributed by atoms with Crippen LogP contribution in [0.15, 0.2) is 30.3 Å². The maximum absolute atomic E-state index is 8.51. The summed E-state index contributed by atoms with van der Waals surface area (Å²) in [5.74, 6) is 0. The highest BCUT2D eigenvalue weighted by molar-refractivity contribution is 5.14. The van der Waals surface area contributed by atoms with Crippen LogP contribution in [0.25, 0.3) is 0 Å². The van der Waals surface area contributed by atoms with Gasteiger partial charge in [-0.05, 0) is 25.3 Å². The largest absolute Gasteiger partial charge is 0.389 e. The molecule has 0 aliphatic heterocycles. The molecule has 77 valence electrons. The van der Waals surface area contributed by atoms with E-state index in [0.717, 1.165) is 19.4 Å². The summed E-state index contributed by atoms with van der Waals surface area (Å²) in [5, 5.41) is 11.7. The summed E-state index contributed by atoms with van der Waals surface area (Å²) in [6, 6.07) is 10.9. The van der Waals surface area contributed by atoms with Crippen LogP contribution in [0.1, 0.15) is 18.9 Å². The van der Waals surface area contributed by atoms with E-state index in [4.69, 9.17) is 5.11 Å². The highest BCUT2D eigenvalue weighted by Crippen LogP contribution is 2.04. The first-order chi connectivity index (χ1) is 6.83. The second kappa shape index (κ2) is 6.57. The van der Waals surface area contributed by atoms with E-state index in [1.54, 1.807) is 0 Å². The molecule has 1 radical (unpaired) electrons. The van der Waals surface area contributed by atoms with E-state index < -0.39 is 0 Å². The minimum Gasteiger partial charge on any atom is -0.389 e. The third-order valence-electron chi connectivity index (χ3n) is 2.27. The molecule has 2 heteroatoms. The Bertz CT molecular complexity index is 235. The molecule has 0 fully saturated rings. The van der Waals surface area contributed by atoms with Gasteiger partial charge in [0.25, 0.3) is 0 Å². The Hall–Kier alpha value is -0.860. The van der Waals surface area contributed by atoms with Crippen molar-refractivity contribution in [3.05, 3.63) is 42.5 Å². The average Bonchev–Trinajstić information content (AvgIpc) is 2.25. The minimum absolute atomic E-state index is 0.443. The molecule has 0 saturated carbocycles. The normalized spacial score (nSPS) is 12.7. The minimum atomic E-state index is 0.443. The lowest BCUT2D eigenvalue weighted by Gasteiger charge is -2.12. The molecule has 1 rings (SSSR count). The maximum Gasteiger partial charge on any atom is 0.0935 e. The van der Waals surface area contributed by atoms with Gasteiger partial charge in [0, 0.05) is 12.6 Å². The van der Waals surface area contributed by atoms with E-state index >= 15 is 0 Å². The number of benzene rings is 1. The number of nitrogens with one attached hydrogen (secondary N) is 1. The third kappa shape index (κ3) is 4.40. The van der Waals surface area contributed by atoms with Crippen molar-refractivity contribution in [2.45, 2.75) is 25.8 Å². The number of aryl methyl sites for hydroxylation is 1. The molecule has 0 heterocycles. The van der Waals surface area contributed by atoms with Gasteiger partial charge < -0.3 is 10.4 Å². The lowest BCUT2D eigenvalue weighted by atomic mass is 10.1. The van der Waals surface area contributed by atoms with Crippen LogP contribution in [0.5, 0.6) is 0 Å². The first-order valence-electron chi connectivity index (χ1n) is 5.06. The van der Waals surface area contributed by atoms with Gasteiger partial charge in [-0.15, -0.1) is 0 Å². The summed E-state index contributed by atoms with van der Waals surface area (Å²) in [6.07, 6.45) is 2.18. The van der Waals surface area contributed by atoms with Crippen molar-refractivity contribution in [2.75, 3.05) is 6.54 Å². The monoisotopic (exact) mass is 192 g/mol. The van der Waals surface area contributed by atoms with Crippen LogP contribution in [-0.2, 0) is 6.42 Å². The zero-order valence-corrected chi connectivity index (χ0v) is 8.61. The van der Waals surface area contributed by atoms with Crippen LogP contribution in [0, 0.1) is 6.61 Å². The quantitative estimate of drug-likeness (QED) is 0.723. The van der Waals surface area contributed by atoms with Gasteiger partial charge in [-0.25, -0.2) is 0 Å². The first-order valence-corrected chi connectivity index (χ1v) is 5.06. The molecule has 0 aliphatic rings. The predicted molar refractivity (Wildman–Crippen MR) is 58.5 cm³/mol. The molecule has 1 atom stereocenters. The van der Waals surface area contributed by atoms with Crippen LogP contribution in [0.2, 0.25) is 0 Å². The molecule has 1 unspecified atom stereocenters. The van der Waals surface area contributed by atoms with Gasteiger partial charge in [0.15, 0.2) is 0 Å². The van der Waals surface area contributed by atoms with Gasteiger partial charge in [-0.2, -0.15) is 0 Å². The van der Waals surface area contributed by atoms with E-state index in [1.807, 2.05) is 6.07 Å². The fraction of sp³-hybridized carbons (Fsp3) is 0.417. The fourth-order valence-electron chi connectivity index (χ4n) is 1.38. The molecule has 0 aromatic heterocycles. The zero-order valence-electron chi connectivity index (χ0n) is 8.61. The van der Waals surface area contributed by atoms with Crippen LogP contribution in [0.3, 0.4) is 0 Å². The number of hydrogen-bond acceptors (Lipinski definition) is 2. The molecular weight excluding hydrogens is 174 g/mol. The summed E-state index contributed by atoms with van der Waals surface area (Å²) in [5.41, 5.74) is 1.37. The van der Waals surface area contributed by atoms with Gasteiger partial charge in [0.1, 0.15) is 0 Å². The molecule has 0 aliphatic carbocycles. The molecule has 1 aromatic carbocycles. The second-order valence-electron chi connectivity index (χ2n) is 3.52. The molecule has 0 bridgehead atoms. The summed E-state index contributed by atoms with van der Waals surface area (Å²) in [4.78, 5) is 0. The van der Waals surface area contributed by atoms with E-state index in [-0.39, 0.29) is 0 Å². The number of aliphatic hydroxyl groups is 1. The van der Waals surface area contributed by atoms with Crippen molar-refractivity contribution >= 4 is 0 Å². The molecule has 14 heavy (non-hydrogen) atoms. The van der Waals surface area contributed by atoms with Crippen LogP contribution >= 0.6 is 0 Å². The predicted octanol–water partition coefficient (Wildman–Crippen LogP) is 2.13. The van der Waals surface area contributed by atoms with Crippen molar-refractivity contribution in [3.8, 4) is 0 Å². The van der Waals surface area contributed by atoms with Crippen LogP contribution in [-0.4, -0.2) is 17.7 Å². The van der Waals surface area contributed by atoms with Gasteiger partial charge in [0.05, 0.1) is 6.61 Å². The average molecular weight is 192 g/mol. The smallest absolute Gasteiger partial charge is 0.0935 e. The highest BCUT2D eigenvalue weighted by atomic mass is 16.3. The standard InChI is InChI=1S/C12H18NO/c1-11(13-9-10-14)7-8-12-5-3-2-4-6-12/h2-6,10-11,13-14H,7-9H2,1H3. The molecular formula is C12H18NO. The molecule has 0 saturated heterocycles. The van der Waals surface area contributed by atoms with Gasteiger partial charge in [-0.3, -0.25) is 0 Å². The topological polar surface area (TPSA) is 32.3 Å². The van der Waals surface area contributed by atoms with E-state index in [1.165, 1.54) is 5.56 Å². The van der Waals surface area contributed by atoms with E-state index in [9.17, 15) is 0 Å². The summed E-state index contributed by atoms with van der Waals surface area (Å²) >= 11 is 0.